The summed E-state index contributed by atoms with van der Waals surface area (Å²) in [6.45, 7) is 9.34. The highest BCUT2D eigenvalue weighted by molar-refractivity contribution is 7.13. The molecule has 1 aromatic heterocycles. The third kappa shape index (κ3) is 2.75. The molecule has 110 valence electrons. The number of likely N-dealkylation sites (tertiary alicyclic amines) is 1. The van der Waals surface area contributed by atoms with E-state index >= 15 is 0 Å². The highest BCUT2D eigenvalue weighted by Crippen LogP contribution is 2.35. The van der Waals surface area contributed by atoms with E-state index in [2.05, 4.69) is 9.88 Å². The summed E-state index contributed by atoms with van der Waals surface area (Å²) in [7, 11) is 0. The lowest BCUT2D eigenvalue weighted by molar-refractivity contribution is 0.0282. The van der Waals surface area contributed by atoms with Gasteiger partial charge in [0.2, 0.25) is 0 Å². The van der Waals surface area contributed by atoms with Crippen molar-refractivity contribution in [2.75, 3.05) is 31.1 Å². The van der Waals surface area contributed by atoms with Crippen LogP contribution in [-0.4, -0.2) is 47.8 Å². The van der Waals surface area contributed by atoms with Crippen LogP contribution in [0.1, 0.15) is 20.8 Å². The van der Waals surface area contributed by atoms with Crippen LogP contribution in [0.3, 0.4) is 0 Å². The van der Waals surface area contributed by atoms with Crippen LogP contribution in [-0.2, 0) is 4.74 Å². The molecule has 0 spiro atoms. The molecule has 2 fully saturated rings. The predicted octanol–water partition coefficient (Wildman–Crippen LogP) is 2.45. The monoisotopic (exact) mass is 295 g/mol. The second-order valence-corrected chi connectivity index (χ2v) is 7.50. The smallest absolute Gasteiger partial charge is 0.410 e. The number of hydrogen-bond acceptors (Lipinski definition) is 5. The van der Waals surface area contributed by atoms with E-state index in [-0.39, 0.29) is 6.09 Å². The van der Waals surface area contributed by atoms with Gasteiger partial charge < -0.3 is 14.5 Å². The quantitative estimate of drug-likeness (QED) is 0.798. The van der Waals surface area contributed by atoms with Crippen LogP contribution in [0.25, 0.3) is 0 Å². The van der Waals surface area contributed by atoms with Gasteiger partial charge in [-0.15, -0.1) is 11.3 Å². The minimum absolute atomic E-state index is 0.173. The third-order valence-corrected chi connectivity index (χ3v) is 4.66. The Balaban J connectivity index is 1.57. The zero-order valence-corrected chi connectivity index (χ0v) is 13.0. The summed E-state index contributed by atoms with van der Waals surface area (Å²) in [6.07, 6.45) is 1.67. The lowest BCUT2D eigenvalue weighted by Crippen LogP contribution is -2.37. The summed E-state index contributed by atoms with van der Waals surface area (Å²) in [4.78, 5) is 20.7. The van der Waals surface area contributed by atoms with E-state index in [9.17, 15) is 4.79 Å². The van der Waals surface area contributed by atoms with Crippen molar-refractivity contribution in [2.24, 2.45) is 11.8 Å². The molecule has 0 saturated carbocycles. The second-order valence-electron chi connectivity index (χ2n) is 6.63. The van der Waals surface area contributed by atoms with Gasteiger partial charge in [-0.25, -0.2) is 9.78 Å². The maximum absolute atomic E-state index is 12.1. The maximum Gasteiger partial charge on any atom is 0.410 e. The highest BCUT2D eigenvalue weighted by Gasteiger charge is 2.43. The molecule has 0 N–H and O–H groups in total. The van der Waals surface area contributed by atoms with Gasteiger partial charge in [-0.2, -0.15) is 0 Å². The number of anilines is 1. The molecule has 3 rings (SSSR count). The van der Waals surface area contributed by atoms with Crippen molar-refractivity contribution in [3.63, 3.8) is 0 Å². The minimum Gasteiger partial charge on any atom is -0.444 e. The summed E-state index contributed by atoms with van der Waals surface area (Å²) in [5.74, 6) is 1.10. The second kappa shape index (κ2) is 4.91. The molecule has 2 unspecified atom stereocenters. The average molecular weight is 295 g/mol. The van der Waals surface area contributed by atoms with Gasteiger partial charge in [0, 0.05) is 49.6 Å². The number of fused-ring (bicyclic) bond motifs is 1. The summed E-state index contributed by atoms with van der Waals surface area (Å²) in [5.41, 5.74) is -0.415. The van der Waals surface area contributed by atoms with E-state index in [1.165, 1.54) is 0 Å². The number of hydrogen-bond donors (Lipinski definition) is 0. The summed E-state index contributed by atoms with van der Waals surface area (Å²) in [5, 5.41) is 3.11. The van der Waals surface area contributed by atoms with Crippen LogP contribution in [0.2, 0.25) is 0 Å². The van der Waals surface area contributed by atoms with Crippen molar-refractivity contribution in [3.05, 3.63) is 11.6 Å². The van der Waals surface area contributed by atoms with E-state index in [0.29, 0.717) is 11.8 Å². The molecule has 1 aromatic rings. The number of amides is 1. The standard InChI is InChI=1S/C14H21N3O2S/c1-14(2,3)19-13(18)17-8-10-6-16(7-11(10)9-17)12-15-4-5-20-12/h4-5,10-11H,6-9H2,1-3H3. The minimum atomic E-state index is -0.415. The largest absolute Gasteiger partial charge is 0.444 e. The van der Waals surface area contributed by atoms with Gasteiger partial charge in [-0.1, -0.05) is 0 Å². The number of aromatic nitrogens is 1. The molecule has 2 aliphatic rings. The first-order valence-electron chi connectivity index (χ1n) is 7.05. The van der Waals surface area contributed by atoms with Gasteiger partial charge in [-0.05, 0) is 20.8 Å². The van der Waals surface area contributed by atoms with Crippen molar-refractivity contribution < 1.29 is 9.53 Å². The molecule has 1 amide bonds. The molecule has 0 radical (unpaired) electrons. The number of rotatable bonds is 1. The molecule has 2 atom stereocenters. The number of nitrogens with zero attached hydrogens (tertiary/aromatic N) is 3. The van der Waals surface area contributed by atoms with Gasteiger partial charge in [0.25, 0.3) is 0 Å². The Kier molecular flexibility index (Phi) is 3.36. The molecule has 2 aliphatic heterocycles. The molecular weight excluding hydrogens is 274 g/mol. The summed E-state index contributed by atoms with van der Waals surface area (Å²) < 4.78 is 5.45. The van der Waals surface area contributed by atoms with Crippen molar-refractivity contribution in [3.8, 4) is 0 Å². The number of carbonyl (C=O) groups excluding carboxylic acids is 1. The van der Waals surface area contributed by atoms with Crippen LogP contribution < -0.4 is 4.90 Å². The lowest BCUT2D eigenvalue weighted by atomic mass is 10.0. The number of thiazole rings is 1. The first kappa shape index (κ1) is 13.7. The summed E-state index contributed by atoms with van der Waals surface area (Å²) in [6, 6.07) is 0. The van der Waals surface area contributed by atoms with Crippen LogP contribution in [0, 0.1) is 11.8 Å². The summed E-state index contributed by atoms with van der Waals surface area (Å²) >= 11 is 1.68. The van der Waals surface area contributed by atoms with Crippen LogP contribution in [0.4, 0.5) is 9.93 Å². The molecule has 0 aliphatic carbocycles. The van der Waals surface area contributed by atoms with Crippen LogP contribution in [0.15, 0.2) is 11.6 Å². The fourth-order valence-electron chi connectivity index (χ4n) is 3.00. The zero-order chi connectivity index (χ0) is 14.3. The van der Waals surface area contributed by atoms with Gasteiger partial charge in [-0.3, -0.25) is 0 Å². The molecule has 20 heavy (non-hydrogen) atoms. The van der Waals surface area contributed by atoms with E-state index in [1.807, 2.05) is 37.2 Å². The molecule has 6 heteroatoms. The van der Waals surface area contributed by atoms with Crippen LogP contribution in [0.5, 0.6) is 0 Å². The fraction of sp³-hybridized carbons (Fsp3) is 0.714. The molecule has 0 aromatic carbocycles. The van der Waals surface area contributed by atoms with E-state index in [4.69, 9.17) is 4.74 Å². The topological polar surface area (TPSA) is 45.7 Å². The van der Waals surface area contributed by atoms with E-state index in [0.717, 1.165) is 31.3 Å². The first-order chi connectivity index (χ1) is 9.42. The van der Waals surface area contributed by atoms with Gasteiger partial charge in [0.1, 0.15) is 5.60 Å². The highest BCUT2D eigenvalue weighted by atomic mass is 32.1. The van der Waals surface area contributed by atoms with Gasteiger partial charge in [0.05, 0.1) is 0 Å². The first-order valence-corrected chi connectivity index (χ1v) is 7.93. The van der Waals surface area contributed by atoms with Crippen molar-refractivity contribution in [1.29, 1.82) is 0 Å². The lowest BCUT2D eigenvalue weighted by Gasteiger charge is -2.25. The number of ether oxygens (including phenoxy) is 1. The van der Waals surface area contributed by atoms with Gasteiger partial charge in [0.15, 0.2) is 5.13 Å². The Morgan fingerprint density at radius 2 is 1.95 bits per heavy atom. The molecular formula is C14H21N3O2S. The SMILES string of the molecule is CC(C)(C)OC(=O)N1CC2CN(c3nccs3)CC2C1. The fourth-order valence-corrected chi connectivity index (χ4v) is 3.66. The Bertz CT molecular complexity index is 469. The Labute approximate surface area is 123 Å². The third-order valence-electron chi connectivity index (χ3n) is 3.83. The Morgan fingerprint density at radius 1 is 1.30 bits per heavy atom. The number of carbonyl (C=O) groups is 1. The molecule has 2 saturated heterocycles. The average Bonchev–Trinajstić information content (AvgIpc) is 3.01. The van der Waals surface area contributed by atoms with E-state index in [1.54, 1.807) is 11.3 Å². The molecule has 5 nitrogen and oxygen atoms in total. The van der Waals surface area contributed by atoms with Crippen molar-refractivity contribution >= 4 is 22.6 Å². The Hall–Kier alpha value is -1.30. The van der Waals surface area contributed by atoms with Gasteiger partial charge >= 0.3 is 6.09 Å². The van der Waals surface area contributed by atoms with Crippen LogP contribution >= 0.6 is 11.3 Å². The maximum atomic E-state index is 12.1. The van der Waals surface area contributed by atoms with E-state index < -0.39 is 5.60 Å². The van der Waals surface area contributed by atoms with Crippen molar-refractivity contribution in [1.82, 2.24) is 9.88 Å². The molecule has 3 heterocycles. The molecule has 0 bridgehead atoms. The predicted molar refractivity (Wildman–Crippen MR) is 79.1 cm³/mol. The zero-order valence-electron chi connectivity index (χ0n) is 12.2. The normalized spacial score (nSPS) is 25.9. The Morgan fingerprint density at radius 3 is 2.45 bits per heavy atom. The van der Waals surface area contributed by atoms with Crippen molar-refractivity contribution in [2.45, 2.75) is 26.4 Å².